The number of rotatable bonds is 4. The van der Waals surface area contributed by atoms with Gasteiger partial charge in [0.25, 0.3) is 5.69 Å². The molecule has 0 aliphatic rings. The zero-order valence-corrected chi connectivity index (χ0v) is 9.56. The summed E-state index contributed by atoms with van der Waals surface area (Å²) in [7, 11) is 0. The largest absolute Gasteiger partial charge is 0.327 e. The van der Waals surface area contributed by atoms with Crippen molar-refractivity contribution in [3.8, 4) is 0 Å². The molecule has 4 heteroatoms. The van der Waals surface area contributed by atoms with Gasteiger partial charge in [0.15, 0.2) is 0 Å². The zero-order valence-electron chi connectivity index (χ0n) is 9.56. The van der Waals surface area contributed by atoms with Crippen molar-refractivity contribution >= 4 is 11.8 Å². The molecule has 0 radical (unpaired) electrons. The highest BCUT2D eigenvalue weighted by molar-refractivity contribution is 5.58. The maximum atomic E-state index is 10.8. The second-order valence-electron chi connectivity index (χ2n) is 3.66. The first kappa shape index (κ1) is 12.4. The van der Waals surface area contributed by atoms with Crippen molar-refractivity contribution in [2.45, 2.75) is 20.3 Å². The lowest BCUT2D eigenvalue weighted by Crippen LogP contribution is -2.01. The third-order valence-electron chi connectivity index (χ3n) is 2.52. The number of aryl methyl sites for hydroxylation is 1. The highest BCUT2D eigenvalue weighted by atomic mass is 16.6. The summed E-state index contributed by atoms with van der Waals surface area (Å²) in [4.78, 5) is 10.4. The van der Waals surface area contributed by atoms with Crippen LogP contribution in [0.4, 0.5) is 5.69 Å². The molecule has 0 unspecified atom stereocenters. The lowest BCUT2D eigenvalue weighted by atomic mass is 10.1. The van der Waals surface area contributed by atoms with Gasteiger partial charge in [-0.05, 0) is 18.9 Å². The lowest BCUT2D eigenvalue weighted by molar-refractivity contribution is -0.385. The van der Waals surface area contributed by atoms with E-state index >= 15 is 0 Å². The molecule has 0 atom stereocenters. The Bertz CT molecular complexity index is 419. The minimum atomic E-state index is -0.360. The Morgan fingerprint density at radius 2 is 2.25 bits per heavy atom. The average Bonchev–Trinajstić information content (AvgIpc) is 2.27. The molecule has 0 heterocycles. The Hall–Kier alpha value is -1.68. The summed E-state index contributed by atoms with van der Waals surface area (Å²) >= 11 is 0. The maximum Gasteiger partial charge on any atom is 0.272 e. The molecule has 1 aromatic rings. The van der Waals surface area contributed by atoms with Gasteiger partial charge in [0, 0.05) is 18.2 Å². The SMILES string of the molecule is CCC(=Cc1ccc(C)c([N+](=O)[O-])c1)CN. The van der Waals surface area contributed by atoms with Crippen LogP contribution in [-0.2, 0) is 0 Å². The van der Waals surface area contributed by atoms with Gasteiger partial charge in [-0.1, -0.05) is 30.7 Å². The van der Waals surface area contributed by atoms with Crippen LogP contribution in [0.5, 0.6) is 0 Å². The van der Waals surface area contributed by atoms with E-state index in [4.69, 9.17) is 5.73 Å². The quantitative estimate of drug-likeness (QED) is 0.626. The van der Waals surface area contributed by atoms with E-state index in [-0.39, 0.29) is 10.6 Å². The van der Waals surface area contributed by atoms with Gasteiger partial charge < -0.3 is 5.73 Å². The zero-order chi connectivity index (χ0) is 12.1. The molecule has 4 nitrogen and oxygen atoms in total. The van der Waals surface area contributed by atoms with E-state index in [1.54, 1.807) is 19.1 Å². The first-order chi connectivity index (χ1) is 7.58. The lowest BCUT2D eigenvalue weighted by Gasteiger charge is -2.02. The van der Waals surface area contributed by atoms with E-state index in [2.05, 4.69) is 0 Å². The number of nitro groups is 1. The molecule has 0 fully saturated rings. The van der Waals surface area contributed by atoms with Crippen LogP contribution in [0.1, 0.15) is 24.5 Å². The van der Waals surface area contributed by atoms with Gasteiger partial charge in [0.2, 0.25) is 0 Å². The molecule has 2 N–H and O–H groups in total. The molecule has 0 spiro atoms. The summed E-state index contributed by atoms with van der Waals surface area (Å²) in [6, 6.07) is 5.21. The van der Waals surface area contributed by atoms with Crippen LogP contribution in [0.2, 0.25) is 0 Å². The summed E-state index contributed by atoms with van der Waals surface area (Å²) < 4.78 is 0. The first-order valence-electron chi connectivity index (χ1n) is 5.23. The Morgan fingerprint density at radius 3 is 2.75 bits per heavy atom. The number of benzene rings is 1. The van der Waals surface area contributed by atoms with E-state index in [0.29, 0.717) is 12.1 Å². The van der Waals surface area contributed by atoms with Crippen LogP contribution >= 0.6 is 0 Å². The van der Waals surface area contributed by atoms with Crippen molar-refractivity contribution < 1.29 is 4.92 Å². The number of hydrogen-bond donors (Lipinski definition) is 1. The normalized spacial score (nSPS) is 11.6. The molecule has 86 valence electrons. The van der Waals surface area contributed by atoms with E-state index in [0.717, 1.165) is 17.6 Å². The van der Waals surface area contributed by atoms with Crippen molar-refractivity contribution in [3.05, 3.63) is 45.0 Å². The smallest absolute Gasteiger partial charge is 0.272 e. The third kappa shape index (κ3) is 2.90. The molecule has 0 saturated heterocycles. The van der Waals surface area contributed by atoms with Crippen LogP contribution in [0.15, 0.2) is 23.8 Å². The topological polar surface area (TPSA) is 69.2 Å². The average molecular weight is 220 g/mol. The summed E-state index contributed by atoms with van der Waals surface area (Å²) in [6.45, 7) is 4.23. The monoisotopic (exact) mass is 220 g/mol. The fourth-order valence-electron chi connectivity index (χ4n) is 1.45. The molecular formula is C12H16N2O2. The highest BCUT2D eigenvalue weighted by Crippen LogP contribution is 2.21. The fourth-order valence-corrected chi connectivity index (χ4v) is 1.45. The number of nitrogens with two attached hydrogens (primary N) is 1. The Balaban J connectivity index is 3.12. The number of hydrogen-bond acceptors (Lipinski definition) is 3. The predicted molar refractivity (Wildman–Crippen MR) is 65.2 cm³/mol. The molecule has 1 aromatic carbocycles. The summed E-state index contributed by atoms with van der Waals surface area (Å²) in [5.74, 6) is 0. The van der Waals surface area contributed by atoms with E-state index in [9.17, 15) is 10.1 Å². The van der Waals surface area contributed by atoms with Gasteiger partial charge in [-0.25, -0.2) is 0 Å². The van der Waals surface area contributed by atoms with Gasteiger partial charge >= 0.3 is 0 Å². The van der Waals surface area contributed by atoms with Crippen LogP contribution in [0, 0.1) is 17.0 Å². The van der Waals surface area contributed by atoms with Crippen LogP contribution in [-0.4, -0.2) is 11.5 Å². The summed E-state index contributed by atoms with van der Waals surface area (Å²) in [5, 5.41) is 10.8. The molecule has 1 rings (SSSR count). The molecule has 0 bridgehead atoms. The fraction of sp³-hybridized carbons (Fsp3) is 0.333. The third-order valence-corrected chi connectivity index (χ3v) is 2.52. The molecule has 0 aliphatic heterocycles. The minimum absolute atomic E-state index is 0.154. The molecule has 16 heavy (non-hydrogen) atoms. The Kier molecular flexibility index (Phi) is 4.19. The van der Waals surface area contributed by atoms with Gasteiger partial charge in [-0.15, -0.1) is 0 Å². The van der Waals surface area contributed by atoms with Crippen LogP contribution in [0.25, 0.3) is 6.08 Å². The van der Waals surface area contributed by atoms with Crippen LogP contribution in [0.3, 0.4) is 0 Å². The molecule has 0 amide bonds. The van der Waals surface area contributed by atoms with Gasteiger partial charge in [-0.2, -0.15) is 0 Å². The van der Waals surface area contributed by atoms with Crippen molar-refractivity contribution in [2.75, 3.05) is 6.54 Å². The second kappa shape index (κ2) is 5.42. The highest BCUT2D eigenvalue weighted by Gasteiger charge is 2.09. The van der Waals surface area contributed by atoms with Gasteiger partial charge in [0.1, 0.15) is 0 Å². The maximum absolute atomic E-state index is 10.8. The van der Waals surface area contributed by atoms with E-state index in [1.165, 1.54) is 0 Å². The summed E-state index contributed by atoms with van der Waals surface area (Å²) in [5.41, 5.74) is 8.30. The van der Waals surface area contributed by atoms with Gasteiger partial charge in [0.05, 0.1) is 4.92 Å². The van der Waals surface area contributed by atoms with Crippen LogP contribution < -0.4 is 5.73 Å². The van der Waals surface area contributed by atoms with Gasteiger partial charge in [-0.3, -0.25) is 10.1 Å². The standard InChI is InChI=1S/C12H16N2O2/c1-3-10(8-13)6-11-5-4-9(2)12(7-11)14(15)16/h4-7H,3,8,13H2,1-2H3. The predicted octanol–water partition coefficient (Wildman–Crippen LogP) is 2.66. The molecule has 0 aromatic heterocycles. The number of nitro benzene ring substituents is 1. The van der Waals surface area contributed by atoms with Crippen molar-refractivity contribution in [1.82, 2.24) is 0 Å². The van der Waals surface area contributed by atoms with Crippen molar-refractivity contribution in [1.29, 1.82) is 0 Å². The van der Waals surface area contributed by atoms with E-state index < -0.39 is 0 Å². The van der Waals surface area contributed by atoms with Crippen molar-refractivity contribution in [3.63, 3.8) is 0 Å². The second-order valence-corrected chi connectivity index (χ2v) is 3.66. The number of nitrogens with zero attached hydrogens (tertiary/aromatic N) is 1. The summed E-state index contributed by atoms with van der Waals surface area (Å²) in [6.07, 6.45) is 2.77. The minimum Gasteiger partial charge on any atom is -0.327 e. The Labute approximate surface area is 94.9 Å². The first-order valence-corrected chi connectivity index (χ1v) is 5.23. The molecule has 0 aliphatic carbocycles. The van der Waals surface area contributed by atoms with Crippen molar-refractivity contribution in [2.24, 2.45) is 5.73 Å². The molecule has 0 saturated carbocycles. The van der Waals surface area contributed by atoms with E-state index in [1.807, 2.05) is 19.1 Å². The molecular weight excluding hydrogens is 204 g/mol. The Morgan fingerprint density at radius 1 is 1.56 bits per heavy atom.